The number of hydrogen-bond donors (Lipinski definition) is 1. The van der Waals surface area contributed by atoms with Gasteiger partial charge in [0.2, 0.25) is 0 Å². The van der Waals surface area contributed by atoms with E-state index in [1.165, 1.54) is 24.0 Å². The number of carbonyl (C=O) groups is 1. The highest BCUT2D eigenvalue weighted by Crippen LogP contribution is 2.25. The van der Waals surface area contributed by atoms with Gasteiger partial charge in [0.15, 0.2) is 6.61 Å². The van der Waals surface area contributed by atoms with Crippen molar-refractivity contribution < 1.29 is 9.53 Å². The lowest BCUT2D eigenvalue weighted by atomic mass is 10.0. The predicted molar refractivity (Wildman–Crippen MR) is 91.7 cm³/mol. The fraction of sp³-hybridized carbons (Fsp3) is 0.350. The van der Waals surface area contributed by atoms with Gasteiger partial charge in [-0.1, -0.05) is 30.3 Å². The first-order valence-corrected chi connectivity index (χ1v) is 8.22. The van der Waals surface area contributed by atoms with Gasteiger partial charge in [-0.3, -0.25) is 4.79 Å². The third-order valence-corrected chi connectivity index (χ3v) is 4.36. The Morgan fingerprint density at radius 2 is 2.00 bits per heavy atom. The average molecular weight is 309 g/mol. The molecular formula is C20H23NO2. The van der Waals surface area contributed by atoms with Crippen LogP contribution < -0.4 is 10.1 Å². The van der Waals surface area contributed by atoms with Crippen LogP contribution in [0.4, 0.5) is 0 Å². The molecule has 0 spiro atoms. The summed E-state index contributed by atoms with van der Waals surface area (Å²) in [4.78, 5) is 12.1. The molecule has 0 saturated heterocycles. The van der Waals surface area contributed by atoms with Crippen LogP contribution in [-0.4, -0.2) is 12.5 Å². The molecule has 0 aromatic heterocycles. The third-order valence-electron chi connectivity index (χ3n) is 4.36. The Balaban J connectivity index is 1.55. The molecule has 1 aliphatic carbocycles. The molecule has 2 aromatic rings. The predicted octanol–water partition coefficient (Wildman–Crippen LogP) is 3.74. The highest BCUT2D eigenvalue weighted by atomic mass is 16.5. The summed E-state index contributed by atoms with van der Waals surface area (Å²) in [7, 11) is 0. The number of fused-ring (bicyclic) bond motifs is 1. The van der Waals surface area contributed by atoms with Gasteiger partial charge >= 0.3 is 0 Å². The molecule has 1 amide bonds. The second-order valence-corrected chi connectivity index (χ2v) is 6.28. The zero-order valence-corrected chi connectivity index (χ0v) is 13.8. The first-order chi connectivity index (χ1) is 11.1. The largest absolute Gasteiger partial charge is 0.484 e. The van der Waals surface area contributed by atoms with Crippen LogP contribution in [0.25, 0.3) is 0 Å². The minimum absolute atomic E-state index is 0.00508. The van der Waals surface area contributed by atoms with Crippen molar-refractivity contribution in [3.8, 4) is 5.75 Å². The van der Waals surface area contributed by atoms with E-state index in [2.05, 4.69) is 23.5 Å². The molecule has 3 heteroatoms. The van der Waals surface area contributed by atoms with E-state index in [0.717, 1.165) is 23.3 Å². The van der Waals surface area contributed by atoms with Crippen molar-refractivity contribution in [1.82, 2.24) is 5.32 Å². The van der Waals surface area contributed by atoms with Crippen LogP contribution >= 0.6 is 0 Å². The van der Waals surface area contributed by atoms with Gasteiger partial charge in [-0.25, -0.2) is 0 Å². The summed E-state index contributed by atoms with van der Waals surface area (Å²) in [6.45, 7) is 4.06. The molecule has 0 radical (unpaired) electrons. The Morgan fingerprint density at radius 1 is 1.17 bits per heavy atom. The van der Waals surface area contributed by atoms with E-state index in [9.17, 15) is 4.79 Å². The standard InChI is InChI=1S/C20H23NO2/c1-14-5-3-8-19(11-14)23-13-20(22)21-15(2)17-10-9-16-6-4-7-18(16)12-17/h3,5,8-12,15H,4,6-7,13H2,1-2H3,(H,21,22). The number of nitrogens with one attached hydrogen (secondary N) is 1. The van der Waals surface area contributed by atoms with Crippen LogP contribution in [0.3, 0.4) is 0 Å². The lowest BCUT2D eigenvalue weighted by Crippen LogP contribution is -2.31. The summed E-state index contributed by atoms with van der Waals surface area (Å²) in [5.74, 6) is 0.629. The SMILES string of the molecule is Cc1cccc(OCC(=O)NC(C)c2ccc3c(c2)CCC3)c1. The molecule has 0 heterocycles. The molecule has 120 valence electrons. The summed E-state index contributed by atoms with van der Waals surface area (Å²) >= 11 is 0. The maximum Gasteiger partial charge on any atom is 0.258 e. The molecule has 0 fully saturated rings. The van der Waals surface area contributed by atoms with E-state index in [4.69, 9.17) is 4.74 Å². The van der Waals surface area contributed by atoms with Gasteiger partial charge in [0.05, 0.1) is 6.04 Å². The number of amides is 1. The Labute approximate surface area is 137 Å². The molecule has 3 rings (SSSR count). The summed E-state index contributed by atoms with van der Waals surface area (Å²) in [5, 5.41) is 3.01. The van der Waals surface area contributed by atoms with Crippen LogP contribution in [0.1, 0.15) is 41.6 Å². The molecule has 0 saturated carbocycles. The number of aryl methyl sites for hydroxylation is 3. The highest BCUT2D eigenvalue weighted by Gasteiger charge is 2.15. The monoisotopic (exact) mass is 309 g/mol. The maximum absolute atomic E-state index is 12.1. The van der Waals surface area contributed by atoms with E-state index in [1.807, 2.05) is 38.1 Å². The van der Waals surface area contributed by atoms with Gasteiger partial charge in [-0.2, -0.15) is 0 Å². The van der Waals surface area contributed by atoms with Gasteiger partial charge in [-0.15, -0.1) is 0 Å². The number of rotatable bonds is 5. The summed E-state index contributed by atoms with van der Waals surface area (Å²) < 4.78 is 5.55. The third kappa shape index (κ3) is 3.92. The minimum atomic E-state index is -0.0977. The molecule has 0 bridgehead atoms. The van der Waals surface area contributed by atoms with E-state index in [1.54, 1.807) is 0 Å². The molecule has 3 nitrogen and oxygen atoms in total. The normalized spacial score (nSPS) is 14.2. The van der Waals surface area contributed by atoms with Gasteiger partial charge in [0.1, 0.15) is 5.75 Å². The number of hydrogen-bond acceptors (Lipinski definition) is 2. The quantitative estimate of drug-likeness (QED) is 0.913. The molecule has 2 aromatic carbocycles. The van der Waals surface area contributed by atoms with E-state index in [0.29, 0.717) is 0 Å². The van der Waals surface area contributed by atoms with Gasteiger partial charge in [0, 0.05) is 0 Å². The highest BCUT2D eigenvalue weighted by molar-refractivity contribution is 5.78. The first kappa shape index (κ1) is 15.6. The molecule has 1 aliphatic rings. The van der Waals surface area contributed by atoms with Crippen LogP contribution in [0.5, 0.6) is 5.75 Å². The van der Waals surface area contributed by atoms with Crippen LogP contribution in [0, 0.1) is 6.92 Å². The van der Waals surface area contributed by atoms with Crippen LogP contribution in [0.2, 0.25) is 0 Å². The lowest BCUT2D eigenvalue weighted by molar-refractivity contribution is -0.123. The second kappa shape index (κ2) is 6.86. The Bertz CT molecular complexity index is 709. The van der Waals surface area contributed by atoms with Crippen molar-refractivity contribution >= 4 is 5.91 Å². The Kier molecular flexibility index (Phi) is 4.65. The summed E-state index contributed by atoms with van der Waals surface area (Å²) in [5.41, 5.74) is 5.17. The van der Waals surface area contributed by atoms with E-state index in [-0.39, 0.29) is 18.6 Å². The summed E-state index contributed by atoms with van der Waals surface area (Å²) in [6, 6.07) is 14.3. The topological polar surface area (TPSA) is 38.3 Å². The number of ether oxygens (including phenoxy) is 1. The van der Waals surface area contributed by atoms with Crippen LogP contribution in [-0.2, 0) is 17.6 Å². The van der Waals surface area contributed by atoms with Crippen molar-refractivity contribution in [3.63, 3.8) is 0 Å². The molecule has 1 atom stereocenters. The fourth-order valence-corrected chi connectivity index (χ4v) is 3.08. The van der Waals surface area contributed by atoms with E-state index < -0.39 is 0 Å². The van der Waals surface area contributed by atoms with Crippen molar-refractivity contribution in [2.24, 2.45) is 0 Å². The Morgan fingerprint density at radius 3 is 2.83 bits per heavy atom. The molecular weight excluding hydrogens is 286 g/mol. The maximum atomic E-state index is 12.1. The zero-order chi connectivity index (χ0) is 16.2. The average Bonchev–Trinajstić information content (AvgIpc) is 3.00. The number of benzene rings is 2. The Hall–Kier alpha value is -2.29. The first-order valence-electron chi connectivity index (χ1n) is 8.22. The van der Waals surface area contributed by atoms with E-state index >= 15 is 0 Å². The van der Waals surface area contributed by atoms with Crippen molar-refractivity contribution in [3.05, 3.63) is 64.7 Å². The lowest BCUT2D eigenvalue weighted by Gasteiger charge is -2.16. The summed E-state index contributed by atoms with van der Waals surface area (Å²) in [6.07, 6.45) is 3.57. The van der Waals surface area contributed by atoms with Gasteiger partial charge in [0.25, 0.3) is 5.91 Å². The molecule has 1 unspecified atom stereocenters. The minimum Gasteiger partial charge on any atom is -0.484 e. The van der Waals surface area contributed by atoms with Gasteiger partial charge < -0.3 is 10.1 Å². The fourth-order valence-electron chi connectivity index (χ4n) is 3.08. The van der Waals surface area contributed by atoms with Crippen molar-refractivity contribution in [2.45, 2.75) is 39.2 Å². The van der Waals surface area contributed by atoms with Gasteiger partial charge in [-0.05, 0) is 67.5 Å². The second-order valence-electron chi connectivity index (χ2n) is 6.28. The van der Waals surface area contributed by atoms with Crippen molar-refractivity contribution in [1.29, 1.82) is 0 Å². The number of carbonyl (C=O) groups excluding carboxylic acids is 1. The molecule has 0 aliphatic heterocycles. The molecule has 1 N–H and O–H groups in total. The smallest absolute Gasteiger partial charge is 0.258 e. The zero-order valence-electron chi connectivity index (χ0n) is 13.8. The van der Waals surface area contributed by atoms with Crippen molar-refractivity contribution in [2.75, 3.05) is 6.61 Å². The van der Waals surface area contributed by atoms with Crippen LogP contribution in [0.15, 0.2) is 42.5 Å². The molecule has 23 heavy (non-hydrogen) atoms.